The summed E-state index contributed by atoms with van der Waals surface area (Å²) in [7, 11) is -3.12. The quantitative estimate of drug-likeness (QED) is 0.726. The van der Waals surface area contributed by atoms with Gasteiger partial charge in [-0.05, 0) is 39.0 Å². The smallest absolute Gasteiger partial charge is 0.309 e. The van der Waals surface area contributed by atoms with Crippen LogP contribution in [0.4, 0.5) is 0 Å². The highest BCUT2D eigenvalue weighted by Gasteiger charge is 2.42. The molecule has 1 amide bonds. The second-order valence-corrected chi connectivity index (χ2v) is 10.1. The summed E-state index contributed by atoms with van der Waals surface area (Å²) in [5, 5.41) is 2.67. The molecule has 1 saturated heterocycles. The third-order valence-electron chi connectivity index (χ3n) is 5.67. The number of ketones is 1. The lowest BCUT2D eigenvalue weighted by atomic mass is 9.67. The van der Waals surface area contributed by atoms with E-state index in [2.05, 4.69) is 5.32 Å². The minimum Gasteiger partial charge on any atom is -0.455 e. The van der Waals surface area contributed by atoms with Crippen molar-refractivity contribution in [2.24, 2.45) is 17.8 Å². The molecule has 3 aliphatic rings. The molecule has 8 heteroatoms. The Hall–Kier alpha value is -1.44. The van der Waals surface area contributed by atoms with E-state index in [0.29, 0.717) is 19.3 Å². The van der Waals surface area contributed by atoms with Crippen molar-refractivity contribution < 1.29 is 27.5 Å². The Morgan fingerprint density at radius 3 is 2.44 bits per heavy atom. The molecule has 1 heterocycles. The van der Waals surface area contributed by atoms with Gasteiger partial charge in [-0.1, -0.05) is 6.42 Å². The number of carbonyl (C=O) groups is 3. The van der Waals surface area contributed by atoms with Crippen LogP contribution in [0.5, 0.6) is 0 Å². The highest BCUT2D eigenvalue weighted by Crippen LogP contribution is 2.40. The maximum absolute atomic E-state index is 12.3. The predicted octanol–water partition coefficient (Wildman–Crippen LogP) is 0.618. The minimum absolute atomic E-state index is 0.0403. The van der Waals surface area contributed by atoms with Gasteiger partial charge in [0, 0.05) is 11.8 Å². The van der Waals surface area contributed by atoms with Gasteiger partial charge in [-0.15, -0.1) is 0 Å². The molecule has 0 aromatic rings. The lowest BCUT2D eigenvalue weighted by Gasteiger charge is -2.36. The molecule has 1 unspecified atom stereocenters. The van der Waals surface area contributed by atoms with Crippen molar-refractivity contribution in [3.05, 3.63) is 0 Å². The van der Waals surface area contributed by atoms with E-state index < -0.39 is 33.9 Å². The summed E-state index contributed by atoms with van der Waals surface area (Å²) in [6.07, 6.45) is 4.12. The van der Waals surface area contributed by atoms with Crippen LogP contribution in [0, 0.1) is 17.8 Å². The number of nitrogens with one attached hydrogen (secondary N) is 1. The zero-order valence-corrected chi connectivity index (χ0v) is 15.3. The average Bonchev–Trinajstić information content (AvgIpc) is 2.77. The Morgan fingerprint density at radius 1 is 1.24 bits per heavy atom. The van der Waals surface area contributed by atoms with Crippen molar-refractivity contribution in [2.75, 3.05) is 18.1 Å². The maximum Gasteiger partial charge on any atom is 0.309 e. The largest absolute Gasteiger partial charge is 0.455 e. The lowest BCUT2D eigenvalue weighted by Crippen LogP contribution is -2.48. The second-order valence-electron chi connectivity index (χ2n) is 7.95. The molecule has 2 saturated carbocycles. The Kier molecular flexibility index (Phi) is 4.92. The van der Waals surface area contributed by atoms with Crippen LogP contribution < -0.4 is 5.32 Å². The van der Waals surface area contributed by atoms with E-state index >= 15 is 0 Å². The molecule has 0 aromatic heterocycles. The van der Waals surface area contributed by atoms with Crippen LogP contribution in [0.3, 0.4) is 0 Å². The summed E-state index contributed by atoms with van der Waals surface area (Å²) in [4.78, 5) is 36.3. The normalized spacial score (nSPS) is 36.7. The summed E-state index contributed by atoms with van der Waals surface area (Å²) in [6, 6.07) is 0. The predicted molar refractivity (Wildman–Crippen MR) is 89.3 cm³/mol. The molecule has 2 bridgehead atoms. The molecular weight excluding hydrogens is 346 g/mol. The van der Waals surface area contributed by atoms with E-state index in [1.807, 2.05) is 0 Å². The van der Waals surface area contributed by atoms with Gasteiger partial charge in [-0.2, -0.15) is 0 Å². The van der Waals surface area contributed by atoms with Crippen molar-refractivity contribution in [3.8, 4) is 0 Å². The average molecular weight is 371 g/mol. The summed E-state index contributed by atoms with van der Waals surface area (Å²) >= 11 is 0. The van der Waals surface area contributed by atoms with Gasteiger partial charge in [-0.25, -0.2) is 8.42 Å². The van der Waals surface area contributed by atoms with Crippen LogP contribution >= 0.6 is 0 Å². The zero-order valence-electron chi connectivity index (χ0n) is 14.5. The molecule has 25 heavy (non-hydrogen) atoms. The molecule has 1 aliphatic heterocycles. The monoisotopic (exact) mass is 371 g/mol. The van der Waals surface area contributed by atoms with Crippen LogP contribution in [-0.2, 0) is 29.0 Å². The van der Waals surface area contributed by atoms with E-state index in [1.54, 1.807) is 6.92 Å². The van der Waals surface area contributed by atoms with Crippen LogP contribution in [-0.4, -0.2) is 49.7 Å². The summed E-state index contributed by atoms with van der Waals surface area (Å²) in [5.74, 6) is -1.06. The molecule has 140 valence electrons. The van der Waals surface area contributed by atoms with Gasteiger partial charge in [0.25, 0.3) is 5.91 Å². The fourth-order valence-corrected chi connectivity index (χ4v) is 6.50. The SMILES string of the molecule is C[C@@]1(NC(=O)COC(=O)C2C[C@H]3CCC[C@@H](C2)C3=O)CCS(=O)(=O)C1. The summed E-state index contributed by atoms with van der Waals surface area (Å²) in [5.41, 5.74) is -0.795. The van der Waals surface area contributed by atoms with E-state index in [1.165, 1.54) is 0 Å². The van der Waals surface area contributed by atoms with Crippen LogP contribution in [0.25, 0.3) is 0 Å². The van der Waals surface area contributed by atoms with Gasteiger partial charge in [0.05, 0.1) is 23.0 Å². The molecule has 7 nitrogen and oxygen atoms in total. The molecule has 0 spiro atoms. The van der Waals surface area contributed by atoms with Gasteiger partial charge in [-0.3, -0.25) is 14.4 Å². The molecule has 0 aromatic carbocycles. The highest BCUT2D eigenvalue weighted by molar-refractivity contribution is 7.91. The Balaban J connectivity index is 1.48. The van der Waals surface area contributed by atoms with Crippen molar-refractivity contribution in [2.45, 2.75) is 51.0 Å². The first-order chi connectivity index (χ1) is 11.7. The number of esters is 1. The first kappa shape index (κ1) is 18.4. The van der Waals surface area contributed by atoms with Crippen molar-refractivity contribution in [1.29, 1.82) is 0 Å². The Labute approximate surface area is 147 Å². The molecule has 2 aliphatic carbocycles. The van der Waals surface area contributed by atoms with Crippen LogP contribution in [0.1, 0.15) is 45.4 Å². The Morgan fingerprint density at radius 2 is 1.88 bits per heavy atom. The molecular formula is C17H25NO6S. The van der Waals surface area contributed by atoms with Gasteiger partial charge in [0.1, 0.15) is 5.78 Å². The number of hydrogen-bond donors (Lipinski definition) is 1. The van der Waals surface area contributed by atoms with Gasteiger partial charge < -0.3 is 10.1 Å². The van der Waals surface area contributed by atoms with Crippen LogP contribution in [0.15, 0.2) is 0 Å². The molecule has 4 atom stereocenters. The molecule has 1 N–H and O–H groups in total. The van der Waals surface area contributed by atoms with Crippen molar-refractivity contribution in [3.63, 3.8) is 0 Å². The third kappa shape index (κ3) is 4.22. The van der Waals surface area contributed by atoms with Gasteiger partial charge in [0.15, 0.2) is 16.4 Å². The number of rotatable bonds is 4. The molecule has 3 fully saturated rings. The third-order valence-corrected chi connectivity index (χ3v) is 7.57. The highest BCUT2D eigenvalue weighted by atomic mass is 32.2. The fourth-order valence-electron chi connectivity index (χ4n) is 4.41. The second kappa shape index (κ2) is 6.70. The van der Waals surface area contributed by atoms with E-state index in [0.717, 1.165) is 19.3 Å². The summed E-state index contributed by atoms with van der Waals surface area (Å²) in [6.45, 7) is 1.28. The van der Waals surface area contributed by atoms with E-state index in [-0.39, 0.29) is 35.0 Å². The standard InChI is InChI=1S/C17H25NO6S/c1-17(5-6-25(22,23)10-17)18-14(19)9-24-16(21)13-7-11-3-2-4-12(8-13)15(11)20/h11-13H,2-10H2,1H3,(H,18,19)/t11-,12+,13?,17-/m1/s1. The number of carbonyl (C=O) groups excluding carboxylic acids is 3. The topological polar surface area (TPSA) is 107 Å². The van der Waals surface area contributed by atoms with E-state index in [9.17, 15) is 22.8 Å². The maximum atomic E-state index is 12.3. The van der Waals surface area contributed by atoms with Crippen molar-refractivity contribution in [1.82, 2.24) is 5.32 Å². The van der Waals surface area contributed by atoms with Crippen LogP contribution in [0.2, 0.25) is 0 Å². The van der Waals surface area contributed by atoms with Gasteiger partial charge >= 0.3 is 5.97 Å². The van der Waals surface area contributed by atoms with Gasteiger partial charge in [0.2, 0.25) is 0 Å². The molecule has 0 radical (unpaired) electrons. The fraction of sp³-hybridized carbons (Fsp3) is 0.824. The first-order valence-electron chi connectivity index (χ1n) is 8.89. The zero-order chi connectivity index (χ0) is 18.2. The number of amides is 1. The summed E-state index contributed by atoms with van der Waals surface area (Å²) < 4.78 is 28.3. The first-order valence-corrected chi connectivity index (χ1v) is 10.7. The molecule has 3 rings (SSSR count). The number of fused-ring (bicyclic) bond motifs is 2. The lowest BCUT2D eigenvalue weighted by molar-refractivity contribution is -0.157. The minimum atomic E-state index is -3.12. The number of ether oxygens (including phenoxy) is 1. The van der Waals surface area contributed by atoms with Crippen molar-refractivity contribution >= 4 is 27.5 Å². The Bertz CT molecular complexity index is 671. The number of sulfone groups is 1. The number of hydrogen-bond acceptors (Lipinski definition) is 6. The van der Waals surface area contributed by atoms with E-state index in [4.69, 9.17) is 4.74 Å². The number of Topliss-reactive ketones (excluding diaryl/α,β-unsaturated/α-hetero) is 1.